The molecule has 4 aromatic rings. The summed E-state index contributed by atoms with van der Waals surface area (Å²) in [5, 5.41) is 0.793. The first-order chi connectivity index (χ1) is 15.0. The van der Waals surface area contributed by atoms with Crippen molar-refractivity contribution in [2.24, 2.45) is 0 Å². The molecule has 0 atom stereocenters. The molecule has 3 aromatic carbocycles. The van der Waals surface area contributed by atoms with Crippen LogP contribution in [0.5, 0.6) is 11.5 Å². The van der Waals surface area contributed by atoms with E-state index in [2.05, 4.69) is 0 Å². The van der Waals surface area contributed by atoms with Gasteiger partial charge in [0.2, 0.25) is 11.5 Å². The molecule has 31 heavy (non-hydrogen) atoms. The number of esters is 1. The number of hydrogen-bond donors (Lipinski definition) is 0. The lowest BCUT2D eigenvalue weighted by Gasteiger charge is -2.09. The summed E-state index contributed by atoms with van der Waals surface area (Å²) in [7, 11) is 0. The van der Waals surface area contributed by atoms with Crippen LogP contribution in [-0.2, 0) is 0 Å². The average molecular weight is 414 g/mol. The van der Waals surface area contributed by atoms with Crippen LogP contribution in [-0.4, -0.2) is 11.8 Å². The maximum Gasteiger partial charge on any atom is 0.379 e. The SMILES string of the molecule is Cc1c(OC(=O)c2cc3ccccc3o2)ccc2c1O/C(=C\c1cccc(F)c1)C2=O. The minimum absolute atomic E-state index is 0.0736. The molecule has 5 rings (SSSR count). The second-order valence-corrected chi connectivity index (χ2v) is 7.10. The number of benzene rings is 3. The van der Waals surface area contributed by atoms with Crippen molar-refractivity contribution < 1.29 is 27.9 Å². The van der Waals surface area contributed by atoms with Crippen molar-refractivity contribution in [3.63, 3.8) is 0 Å². The fourth-order valence-corrected chi connectivity index (χ4v) is 3.46. The minimum atomic E-state index is -0.654. The fraction of sp³-hybridized carbons (Fsp3) is 0.0400. The van der Waals surface area contributed by atoms with Crippen LogP contribution in [0.3, 0.4) is 0 Å². The normalized spacial score (nSPS) is 14.0. The zero-order valence-corrected chi connectivity index (χ0v) is 16.3. The van der Waals surface area contributed by atoms with Gasteiger partial charge in [0, 0.05) is 10.9 Å². The predicted molar refractivity (Wildman–Crippen MR) is 112 cm³/mol. The number of allylic oxidation sites excluding steroid dienone is 1. The lowest BCUT2D eigenvalue weighted by atomic mass is 10.1. The summed E-state index contributed by atoms with van der Waals surface area (Å²) < 4.78 is 30.2. The molecule has 1 aliphatic heterocycles. The summed E-state index contributed by atoms with van der Waals surface area (Å²) in [5.74, 6) is -0.675. The van der Waals surface area contributed by atoms with Crippen LogP contribution in [0.1, 0.15) is 32.0 Å². The summed E-state index contributed by atoms with van der Waals surface area (Å²) in [5.41, 5.74) is 1.94. The number of ether oxygens (including phenoxy) is 2. The Bertz CT molecular complexity index is 1360. The van der Waals surface area contributed by atoms with Gasteiger partial charge in [-0.25, -0.2) is 9.18 Å². The van der Waals surface area contributed by atoms with E-state index in [9.17, 15) is 14.0 Å². The number of Topliss-reactive ketones (excluding diaryl/α,β-unsaturated/α-hetero) is 1. The molecule has 0 radical (unpaired) electrons. The van der Waals surface area contributed by atoms with Crippen LogP contribution in [0.2, 0.25) is 0 Å². The van der Waals surface area contributed by atoms with Gasteiger partial charge in [-0.2, -0.15) is 0 Å². The molecule has 1 aromatic heterocycles. The zero-order chi connectivity index (χ0) is 21.5. The van der Waals surface area contributed by atoms with Gasteiger partial charge in [0.1, 0.15) is 22.9 Å². The molecular weight excluding hydrogens is 399 g/mol. The van der Waals surface area contributed by atoms with Crippen molar-refractivity contribution in [3.8, 4) is 11.5 Å². The fourth-order valence-electron chi connectivity index (χ4n) is 3.46. The van der Waals surface area contributed by atoms with Crippen LogP contribution in [0.25, 0.3) is 17.0 Å². The Balaban J connectivity index is 1.43. The highest BCUT2D eigenvalue weighted by Gasteiger charge is 2.31. The number of fused-ring (bicyclic) bond motifs is 2. The van der Waals surface area contributed by atoms with E-state index in [1.165, 1.54) is 18.2 Å². The smallest absolute Gasteiger partial charge is 0.379 e. The van der Waals surface area contributed by atoms with Crippen LogP contribution >= 0.6 is 0 Å². The quantitative estimate of drug-likeness (QED) is 0.244. The lowest BCUT2D eigenvalue weighted by molar-refractivity contribution is 0.0702. The van der Waals surface area contributed by atoms with Crippen LogP contribution in [0, 0.1) is 12.7 Å². The zero-order valence-electron chi connectivity index (χ0n) is 16.3. The highest BCUT2D eigenvalue weighted by atomic mass is 19.1. The van der Waals surface area contributed by atoms with Gasteiger partial charge in [-0.3, -0.25) is 4.79 Å². The first kappa shape index (κ1) is 18.8. The van der Waals surface area contributed by atoms with Crippen molar-refractivity contribution in [2.75, 3.05) is 0 Å². The number of halogens is 1. The molecule has 0 saturated carbocycles. The molecule has 6 heteroatoms. The summed E-state index contributed by atoms with van der Waals surface area (Å²) in [6.07, 6.45) is 1.48. The van der Waals surface area contributed by atoms with Crippen molar-refractivity contribution in [1.82, 2.24) is 0 Å². The summed E-state index contributed by atoms with van der Waals surface area (Å²) in [4.78, 5) is 25.3. The molecule has 0 unspecified atom stereocenters. The molecule has 0 aliphatic carbocycles. The second-order valence-electron chi connectivity index (χ2n) is 7.10. The summed E-state index contributed by atoms with van der Waals surface area (Å²) in [6.45, 7) is 1.69. The molecule has 0 bridgehead atoms. The highest BCUT2D eigenvalue weighted by Crippen LogP contribution is 2.39. The van der Waals surface area contributed by atoms with E-state index < -0.39 is 11.8 Å². The molecule has 0 fully saturated rings. The summed E-state index contributed by atoms with van der Waals surface area (Å²) in [6, 6.07) is 17.8. The Morgan fingerprint density at radius 2 is 1.87 bits per heavy atom. The van der Waals surface area contributed by atoms with E-state index in [4.69, 9.17) is 13.9 Å². The van der Waals surface area contributed by atoms with Gasteiger partial charge in [-0.15, -0.1) is 0 Å². The largest absolute Gasteiger partial charge is 0.452 e. The second kappa shape index (κ2) is 7.25. The monoisotopic (exact) mass is 414 g/mol. The topological polar surface area (TPSA) is 65.7 Å². The molecular formula is C25H15FO5. The molecule has 0 amide bonds. The van der Waals surface area contributed by atoms with Gasteiger partial charge in [-0.1, -0.05) is 30.3 Å². The number of rotatable bonds is 3. The Morgan fingerprint density at radius 1 is 1.03 bits per heavy atom. The number of para-hydroxylation sites is 1. The first-order valence-electron chi connectivity index (χ1n) is 9.54. The molecule has 0 spiro atoms. The Labute approximate surface area is 176 Å². The third kappa shape index (κ3) is 3.38. The van der Waals surface area contributed by atoms with Gasteiger partial charge in [0.15, 0.2) is 5.76 Å². The van der Waals surface area contributed by atoms with E-state index in [0.717, 1.165) is 5.39 Å². The van der Waals surface area contributed by atoms with Crippen LogP contribution in [0.4, 0.5) is 4.39 Å². The average Bonchev–Trinajstić information content (AvgIpc) is 3.32. The van der Waals surface area contributed by atoms with E-state index in [-0.39, 0.29) is 23.1 Å². The maximum absolute atomic E-state index is 13.4. The Morgan fingerprint density at radius 3 is 2.68 bits per heavy atom. The number of carbonyl (C=O) groups excluding carboxylic acids is 2. The molecule has 0 saturated heterocycles. The Kier molecular flexibility index (Phi) is 4.40. The van der Waals surface area contributed by atoms with Crippen LogP contribution in [0.15, 0.2) is 76.9 Å². The third-order valence-electron chi connectivity index (χ3n) is 5.01. The summed E-state index contributed by atoms with van der Waals surface area (Å²) >= 11 is 0. The van der Waals surface area contributed by atoms with Crippen molar-refractivity contribution >= 4 is 28.8 Å². The van der Waals surface area contributed by atoms with E-state index >= 15 is 0 Å². The van der Waals surface area contributed by atoms with Gasteiger partial charge in [0.05, 0.1) is 5.56 Å². The van der Waals surface area contributed by atoms with E-state index in [1.54, 1.807) is 43.3 Å². The number of ketones is 1. The molecule has 1 aliphatic rings. The molecule has 2 heterocycles. The van der Waals surface area contributed by atoms with Crippen LogP contribution < -0.4 is 9.47 Å². The standard InChI is InChI=1S/C25H15FO5/c1-14-19(31-25(28)22-13-16-6-2-3-8-20(16)29-22)10-9-18-23(27)21(30-24(14)18)12-15-5-4-7-17(26)11-15/h2-13H,1H3/b21-12-. The van der Waals surface area contributed by atoms with Crippen molar-refractivity contribution in [1.29, 1.82) is 0 Å². The molecule has 0 N–H and O–H groups in total. The number of hydrogen-bond acceptors (Lipinski definition) is 5. The third-order valence-corrected chi connectivity index (χ3v) is 5.01. The van der Waals surface area contributed by atoms with Crippen molar-refractivity contribution in [3.05, 3.63) is 101 Å². The predicted octanol–water partition coefficient (Wildman–Crippen LogP) is 5.72. The van der Waals surface area contributed by atoms with E-state index in [1.807, 2.05) is 18.2 Å². The first-order valence-corrected chi connectivity index (χ1v) is 9.54. The van der Waals surface area contributed by atoms with Gasteiger partial charge >= 0.3 is 5.97 Å². The molecule has 5 nitrogen and oxygen atoms in total. The maximum atomic E-state index is 13.4. The minimum Gasteiger partial charge on any atom is -0.452 e. The van der Waals surface area contributed by atoms with Gasteiger partial charge < -0.3 is 13.9 Å². The number of furan rings is 1. The molecule has 152 valence electrons. The van der Waals surface area contributed by atoms with Gasteiger partial charge in [0.25, 0.3) is 0 Å². The van der Waals surface area contributed by atoms with E-state index in [0.29, 0.717) is 28.0 Å². The van der Waals surface area contributed by atoms with Crippen molar-refractivity contribution in [2.45, 2.75) is 6.92 Å². The highest BCUT2D eigenvalue weighted by molar-refractivity contribution is 6.15. The Hall–Kier alpha value is -4.19. The lowest BCUT2D eigenvalue weighted by Crippen LogP contribution is -2.08. The number of carbonyl (C=O) groups is 2. The van der Waals surface area contributed by atoms with Gasteiger partial charge in [-0.05, 0) is 55.0 Å².